The van der Waals surface area contributed by atoms with Gasteiger partial charge in [0.15, 0.2) is 0 Å². The number of hydrogen-bond acceptors (Lipinski definition) is 9. The summed E-state index contributed by atoms with van der Waals surface area (Å²) < 4.78 is 5.92. The number of aliphatic hydroxyl groups is 1. The minimum absolute atomic E-state index is 0.0382. The van der Waals surface area contributed by atoms with Gasteiger partial charge in [0.05, 0.1) is 17.9 Å². The lowest BCUT2D eigenvalue weighted by atomic mass is 9.44. The van der Waals surface area contributed by atoms with Gasteiger partial charge < -0.3 is 31.1 Å². The number of hydrogen-bond donors (Lipinski definition) is 5. The Morgan fingerprint density at radius 1 is 1.13 bits per heavy atom. The molecular weight excluding hydrogens is 624 g/mol. The van der Waals surface area contributed by atoms with Gasteiger partial charge in [-0.15, -0.1) is 18.3 Å². The maximum atomic E-state index is 13.5. The maximum absolute atomic E-state index is 13.5. The summed E-state index contributed by atoms with van der Waals surface area (Å²) in [4.78, 5) is 58.4. The standard InChI is InChI=1S/C31H52N2O5S.C4H4O4/c1-10-29(8)15-22(38-23(35)16-39-28(6,7)17-33-27(37)24(32)18(2)3)30(9)19(4)11-13-31(20(5)26(29)36)14-12-21(34)25(30)31;5-3(6)1-2-4(7)8/h10,18-20,22,24-26,36H,1,11-17,32H2,2-9H3,(H,33,37);1-2H,(H,5,6)(H,7,8)/b;2-1+/t19-,20+,22-,24-,25+,26+,29-,30+,31+;/m1./s1. The quantitative estimate of drug-likeness (QED) is 0.119. The number of carboxylic acid groups (broad SMARTS) is 2. The SMILES string of the molecule is C=C[C@]1(C)C[C@@H](OC(=O)CSC(C)(C)CNC(=O)[C@H](N)C(C)C)[C@]2(C)[C@H](C)CC[C@]3(CCC(=O)[C@H]32)[C@@H](C)[C@@H]1O.O=C(O)/C=C/C(=O)O. The molecule has 11 nitrogen and oxygen atoms in total. The average molecular weight is 681 g/mol. The number of thioether (sulfide) groups is 1. The Hall–Kier alpha value is -2.70. The molecule has 0 aromatic heterocycles. The van der Waals surface area contributed by atoms with Crippen molar-refractivity contribution in [1.82, 2.24) is 5.32 Å². The van der Waals surface area contributed by atoms with Crippen molar-refractivity contribution < 1.29 is 44.0 Å². The van der Waals surface area contributed by atoms with E-state index < -0.39 is 45.8 Å². The van der Waals surface area contributed by atoms with E-state index in [1.54, 1.807) is 0 Å². The number of aliphatic hydroxyl groups excluding tert-OH is 1. The highest BCUT2D eigenvalue weighted by molar-refractivity contribution is 8.01. The van der Waals surface area contributed by atoms with Crippen molar-refractivity contribution in [2.24, 2.45) is 45.7 Å². The number of nitrogens with one attached hydrogen (secondary N) is 1. The van der Waals surface area contributed by atoms with Crippen LogP contribution >= 0.6 is 11.8 Å². The molecule has 0 spiro atoms. The number of ether oxygens (including phenoxy) is 1. The minimum Gasteiger partial charge on any atom is -0.478 e. The predicted molar refractivity (Wildman–Crippen MR) is 181 cm³/mol. The molecule has 0 unspecified atom stereocenters. The van der Waals surface area contributed by atoms with E-state index >= 15 is 0 Å². The van der Waals surface area contributed by atoms with Crippen molar-refractivity contribution >= 4 is 41.4 Å². The van der Waals surface area contributed by atoms with Gasteiger partial charge in [-0.1, -0.05) is 47.6 Å². The zero-order valence-corrected chi connectivity index (χ0v) is 30.0. The molecule has 0 heterocycles. The van der Waals surface area contributed by atoms with Crippen LogP contribution in [-0.2, 0) is 28.7 Å². The fraction of sp³-hybridized carbons (Fsp3) is 0.743. The Morgan fingerprint density at radius 2 is 1.70 bits per heavy atom. The van der Waals surface area contributed by atoms with E-state index in [1.807, 2.05) is 40.7 Å². The van der Waals surface area contributed by atoms with Gasteiger partial charge >= 0.3 is 17.9 Å². The first-order chi connectivity index (χ1) is 21.6. The molecule has 0 radical (unpaired) electrons. The molecule has 3 aliphatic carbocycles. The van der Waals surface area contributed by atoms with Crippen LogP contribution in [0.1, 0.15) is 87.5 Å². The molecule has 0 aromatic carbocycles. The molecule has 47 heavy (non-hydrogen) atoms. The Kier molecular flexibility index (Phi) is 13.5. The highest BCUT2D eigenvalue weighted by Crippen LogP contribution is 2.68. The summed E-state index contributed by atoms with van der Waals surface area (Å²) in [6.45, 7) is 20.7. The Morgan fingerprint density at radius 3 is 2.21 bits per heavy atom. The maximum Gasteiger partial charge on any atom is 0.328 e. The van der Waals surface area contributed by atoms with E-state index in [-0.39, 0.29) is 52.5 Å². The highest BCUT2D eigenvalue weighted by Gasteiger charge is 2.68. The van der Waals surface area contributed by atoms with Crippen molar-refractivity contribution in [2.75, 3.05) is 12.3 Å². The van der Waals surface area contributed by atoms with Crippen LogP contribution in [0, 0.1) is 39.9 Å². The number of ketones is 1. The first kappa shape index (κ1) is 40.5. The van der Waals surface area contributed by atoms with Gasteiger partial charge in [0.2, 0.25) is 5.91 Å². The molecule has 0 aromatic rings. The molecule has 0 saturated heterocycles. The lowest BCUT2D eigenvalue weighted by Crippen LogP contribution is -2.63. The zero-order valence-electron chi connectivity index (χ0n) is 29.2. The van der Waals surface area contributed by atoms with Crippen molar-refractivity contribution in [1.29, 1.82) is 0 Å². The second-order valence-corrected chi connectivity index (χ2v) is 16.8. The smallest absolute Gasteiger partial charge is 0.328 e. The first-order valence-electron chi connectivity index (χ1n) is 16.4. The van der Waals surface area contributed by atoms with E-state index in [0.29, 0.717) is 31.5 Å². The van der Waals surface area contributed by atoms with E-state index in [9.17, 15) is 29.1 Å². The largest absolute Gasteiger partial charge is 0.478 e. The Balaban J connectivity index is 0.000000849. The van der Waals surface area contributed by atoms with Crippen LogP contribution in [0.4, 0.5) is 0 Å². The number of carbonyl (C=O) groups excluding carboxylic acids is 3. The Labute approximate surface area is 283 Å². The van der Waals surface area contributed by atoms with E-state index in [1.165, 1.54) is 11.8 Å². The minimum atomic E-state index is -1.26. The number of carbonyl (C=O) groups is 5. The van der Waals surface area contributed by atoms with E-state index in [2.05, 4.69) is 32.7 Å². The molecule has 1 amide bonds. The first-order valence-corrected chi connectivity index (χ1v) is 17.4. The Bertz CT molecular complexity index is 1220. The van der Waals surface area contributed by atoms with Gasteiger partial charge in [-0.25, -0.2) is 9.59 Å². The number of esters is 1. The second-order valence-electron chi connectivity index (χ2n) is 15.1. The number of Topliss-reactive ketones (excluding diaryl/α,β-unsaturated/α-hetero) is 1. The van der Waals surface area contributed by atoms with Gasteiger partial charge in [-0.05, 0) is 62.7 Å². The number of carboxylic acids is 2. The summed E-state index contributed by atoms with van der Waals surface area (Å²) in [6.07, 6.45) is 5.29. The average Bonchev–Trinajstić information content (AvgIpc) is 3.36. The third-order valence-electron chi connectivity index (χ3n) is 11.2. The molecule has 3 rings (SSSR count). The topological polar surface area (TPSA) is 193 Å². The summed E-state index contributed by atoms with van der Waals surface area (Å²) in [6, 6.07) is -0.573. The summed E-state index contributed by atoms with van der Waals surface area (Å²) in [5.74, 6) is -2.76. The van der Waals surface area contributed by atoms with Crippen LogP contribution in [0.5, 0.6) is 0 Å². The molecule has 2 bridgehead atoms. The normalized spacial score (nSPS) is 34.3. The van der Waals surface area contributed by atoms with Gasteiger partial charge in [0.1, 0.15) is 11.9 Å². The molecule has 3 fully saturated rings. The molecule has 266 valence electrons. The van der Waals surface area contributed by atoms with Crippen LogP contribution in [0.3, 0.4) is 0 Å². The highest BCUT2D eigenvalue weighted by atomic mass is 32.2. The van der Waals surface area contributed by atoms with Crippen molar-refractivity contribution in [2.45, 2.75) is 110 Å². The zero-order chi connectivity index (χ0) is 36.1. The third kappa shape index (κ3) is 9.06. The number of aliphatic carboxylic acids is 2. The van der Waals surface area contributed by atoms with Crippen LogP contribution < -0.4 is 11.1 Å². The lowest BCUT2D eigenvalue weighted by Gasteiger charge is -2.61. The molecule has 6 N–H and O–H groups in total. The van der Waals surface area contributed by atoms with Crippen LogP contribution in [-0.4, -0.2) is 80.2 Å². The number of nitrogens with two attached hydrogens (primary N) is 1. The van der Waals surface area contributed by atoms with E-state index in [4.69, 9.17) is 20.7 Å². The molecule has 0 aliphatic heterocycles. The van der Waals surface area contributed by atoms with Gasteiger partial charge in [0, 0.05) is 46.6 Å². The van der Waals surface area contributed by atoms with Crippen molar-refractivity contribution in [3.63, 3.8) is 0 Å². The van der Waals surface area contributed by atoms with Crippen LogP contribution in [0.15, 0.2) is 24.8 Å². The van der Waals surface area contributed by atoms with Gasteiger partial charge in [0.25, 0.3) is 0 Å². The van der Waals surface area contributed by atoms with Crippen LogP contribution in [0.25, 0.3) is 0 Å². The molecule has 12 heteroatoms. The summed E-state index contributed by atoms with van der Waals surface area (Å²) >= 11 is 1.43. The summed E-state index contributed by atoms with van der Waals surface area (Å²) in [7, 11) is 0. The fourth-order valence-corrected chi connectivity index (χ4v) is 8.61. The van der Waals surface area contributed by atoms with Gasteiger partial charge in [-0.3, -0.25) is 14.4 Å². The molecular formula is C35H56N2O9S. The fourth-order valence-electron chi connectivity index (χ4n) is 7.86. The molecule has 3 aliphatic rings. The van der Waals surface area contributed by atoms with Crippen LogP contribution in [0.2, 0.25) is 0 Å². The molecule has 9 atom stereocenters. The van der Waals surface area contributed by atoms with Crippen molar-refractivity contribution in [3.05, 3.63) is 24.8 Å². The number of amides is 1. The predicted octanol–water partition coefficient (Wildman–Crippen LogP) is 4.22. The summed E-state index contributed by atoms with van der Waals surface area (Å²) in [5, 5.41) is 30.2. The summed E-state index contributed by atoms with van der Waals surface area (Å²) in [5.41, 5.74) is 4.49. The second kappa shape index (κ2) is 15.7. The number of rotatable bonds is 11. The third-order valence-corrected chi connectivity index (χ3v) is 12.5. The monoisotopic (exact) mass is 680 g/mol. The lowest BCUT2D eigenvalue weighted by molar-refractivity contribution is -0.205. The van der Waals surface area contributed by atoms with Gasteiger partial charge in [-0.2, -0.15) is 0 Å². The van der Waals surface area contributed by atoms with Crippen molar-refractivity contribution in [3.8, 4) is 0 Å². The molecule has 3 saturated carbocycles. The van der Waals surface area contributed by atoms with E-state index in [0.717, 1.165) is 19.3 Å².